The monoisotopic (exact) mass is 519 g/mol. The van der Waals surface area contributed by atoms with Gasteiger partial charge >= 0.3 is 0 Å². The van der Waals surface area contributed by atoms with E-state index in [4.69, 9.17) is 4.74 Å². The van der Waals surface area contributed by atoms with Crippen molar-refractivity contribution in [3.63, 3.8) is 0 Å². The fraction of sp³-hybridized carbons (Fsp3) is 0.333. The van der Waals surface area contributed by atoms with Crippen LogP contribution in [-0.2, 0) is 14.4 Å². The molecular weight excluding hydrogens is 494 g/mol. The van der Waals surface area contributed by atoms with Gasteiger partial charge in [-0.2, -0.15) is 0 Å². The van der Waals surface area contributed by atoms with Gasteiger partial charge in [-0.3, -0.25) is 14.4 Å². The number of allylic oxidation sites excluding steroid dienone is 2. The van der Waals surface area contributed by atoms with Gasteiger partial charge in [0.25, 0.3) is 0 Å². The van der Waals surface area contributed by atoms with Crippen LogP contribution in [0.4, 0.5) is 11.4 Å². The van der Waals surface area contributed by atoms with Crippen LogP contribution in [0.1, 0.15) is 20.3 Å². The third-order valence-electron chi connectivity index (χ3n) is 7.16. The Bertz CT molecular complexity index is 1370. The second-order valence-electron chi connectivity index (χ2n) is 9.35. The van der Waals surface area contributed by atoms with Crippen molar-refractivity contribution < 1.29 is 19.1 Å². The molecule has 9 heteroatoms. The van der Waals surface area contributed by atoms with Gasteiger partial charge in [0, 0.05) is 5.69 Å². The molecule has 7 nitrogen and oxygen atoms in total. The van der Waals surface area contributed by atoms with Crippen LogP contribution in [-0.4, -0.2) is 34.6 Å². The number of carbonyl (C=O) groups is 3. The molecule has 1 saturated carbocycles. The second kappa shape index (κ2) is 9.05. The number of rotatable bonds is 7. The van der Waals surface area contributed by atoms with E-state index < -0.39 is 0 Å². The zero-order valence-electron chi connectivity index (χ0n) is 19.8. The average Bonchev–Trinajstić information content (AvgIpc) is 3.63. The molecule has 0 unspecified atom stereocenters. The van der Waals surface area contributed by atoms with Crippen LogP contribution in [0.15, 0.2) is 59.0 Å². The van der Waals surface area contributed by atoms with Crippen molar-refractivity contribution in [2.75, 3.05) is 16.8 Å². The van der Waals surface area contributed by atoms with Crippen molar-refractivity contribution in [1.82, 2.24) is 4.98 Å². The lowest BCUT2D eigenvalue weighted by atomic mass is 9.85. The minimum Gasteiger partial charge on any atom is -0.494 e. The standard InChI is InChI=1S/C27H25N3O4S2/c1-3-34-19-9-6-17(7-10-19)28-24(31)14(2)35-27-29-20-11-8-18(13-21(20)36-27)30-25(32)22-15-4-5-16(12-15)23(22)26(30)33/h4-11,13-16,22-23H,3,12H2,1-2H3,(H,28,31)/t14-,15-,16-,22+,23+/m0/s1. The molecule has 1 N–H and O–H groups in total. The van der Waals surface area contributed by atoms with E-state index in [1.165, 1.54) is 28.0 Å². The van der Waals surface area contributed by atoms with Crippen molar-refractivity contribution in [1.29, 1.82) is 0 Å². The van der Waals surface area contributed by atoms with E-state index in [2.05, 4.69) is 22.5 Å². The third kappa shape index (κ3) is 3.90. The number of amides is 3. The van der Waals surface area contributed by atoms with Crippen LogP contribution >= 0.6 is 23.1 Å². The summed E-state index contributed by atoms with van der Waals surface area (Å²) in [5.74, 6) is 0.415. The molecule has 3 amide bonds. The van der Waals surface area contributed by atoms with Gasteiger partial charge in [0.15, 0.2) is 4.34 Å². The number of nitrogens with one attached hydrogen (secondary N) is 1. The molecule has 2 bridgehead atoms. The van der Waals surface area contributed by atoms with E-state index in [0.717, 1.165) is 26.7 Å². The van der Waals surface area contributed by atoms with Gasteiger partial charge in [0.1, 0.15) is 5.75 Å². The molecule has 3 aliphatic rings. The van der Waals surface area contributed by atoms with Gasteiger partial charge in [-0.15, -0.1) is 11.3 Å². The summed E-state index contributed by atoms with van der Waals surface area (Å²) in [6, 6.07) is 12.8. The molecule has 1 saturated heterocycles. The lowest BCUT2D eigenvalue weighted by molar-refractivity contribution is -0.123. The van der Waals surface area contributed by atoms with Crippen LogP contribution < -0.4 is 15.0 Å². The van der Waals surface area contributed by atoms with Crippen LogP contribution in [0.2, 0.25) is 0 Å². The number of hydrogen-bond acceptors (Lipinski definition) is 7. The molecule has 3 aromatic rings. The van der Waals surface area contributed by atoms with Gasteiger partial charge in [-0.1, -0.05) is 23.9 Å². The summed E-state index contributed by atoms with van der Waals surface area (Å²) in [4.78, 5) is 45.1. The highest BCUT2D eigenvalue weighted by Gasteiger charge is 2.59. The quantitative estimate of drug-likeness (QED) is 0.265. The fourth-order valence-electron chi connectivity index (χ4n) is 5.49. The predicted octanol–water partition coefficient (Wildman–Crippen LogP) is 5.13. The number of ether oxygens (including phenoxy) is 1. The van der Waals surface area contributed by atoms with Gasteiger partial charge in [0.2, 0.25) is 17.7 Å². The lowest BCUT2D eigenvalue weighted by Gasteiger charge is -2.17. The van der Waals surface area contributed by atoms with E-state index in [9.17, 15) is 14.4 Å². The number of carbonyl (C=O) groups excluding carboxylic acids is 3. The summed E-state index contributed by atoms with van der Waals surface area (Å²) < 4.78 is 7.08. The highest BCUT2D eigenvalue weighted by molar-refractivity contribution is 8.02. The molecule has 2 fully saturated rings. The summed E-state index contributed by atoms with van der Waals surface area (Å²) in [5, 5.41) is 2.57. The molecule has 5 atom stereocenters. The number of hydrogen-bond donors (Lipinski definition) is 1. The van der Waals surface area contributed by atoms with E-state index in [0.29, 0.717) is 18.0 Å². The lowest BCUT2D eigenvalue weighted by Crippen LogP contribution is -2.32. The van der Waals surface area contributed by atoms with Crippen LogP contribution in [0.25, 0.3) is 10.2 Å². The van der Waals surface area contributed by atoms with Crippen molar-refractivity contribution >= 4 is 62.4 Å². The van der Waals surface area contributed by atoms with Crippen LogP contribution in [0.5, 0.6) is 5.75 Å². The van der Waals surface area contributed by atoms with Crippen molar-refractivity contribution in [3.05, 3.63) is 54.6 Å². The first-order valence-corrected chi connectivity index (χ1v) is 13.8. The molecule has 184 valence electrons. The van der Waals surface area contributed by atoms with Gasteiger partial charge in [-0.05, 0) is 74.6 Å². The van der Waals surface area contributed by atoms with Gasteiger partial charge < -0.3 is 10.1 Å². The Kier molecular flexibility index (Phi) is 5.84. The van der Waals surface area contributed by atoms with E-state index in [-0.39, 0.29) is 46.6 Å². The number of thioether (sulfide) groups is 1. The normalized spacial score (nSPS) is 25.0. The fourth-order valence-corrected chi connectivity index (χ4v) is 7.73. The van der Waals surface area contributed by atoms with E-state index in [1.54, 1.807) is 6.07 Å². The highest BCUT2D eigenvalue weighted by Crippen LogP contribution is 2.53. The molecule has 2 heterocycles. The van der Waals surface area contributed by atoms with Crippen LogP contribution in [0.3, 0.4) is 0 Å². The van der Waals surface area contributed by atoms with Crippen molar-refractivity contribution in [2.45, 2.75) is 29.9 Å². The zero-order chi connectivity index (χ0) is 25.0. The van der Waals surface area contributed by atoms with Crippen LogP contribution in [0, 0.1) is 23.7 Å². The Morgan fingerprint density at radius 1 is 1.14 bits per heavy atom. The maximum Gasteiger partial charge on any atom is 0.238 e. The molecule has 2 aliphatic carbocycles. The maximum absolute atomic E-state index is 13.2. The molecule has 0 radical (unpaired) electrons. The number of benzene rings is 2. The zero-order valence-corrected chi connectivity index (χ0v) is 21.5. The Balaban J connectivity index is 1.15. The average molecular weight is 520 g/mol. The number of imide groups is 1. The first kappa shape index (κ1) is 23.2. The molecular formula is C27H25N3O4S2. The smallest absolute Gasteiger partial charge is 0.238 e. The number of aromatic nitrogens is 1. The summed E-state index contributed by atoms with van der Waals surface area (Å²) in [5.41, 5.74) is 2.09. The first-order valence-electron chi connectivity index (χ1n) is 12.1. The number of fused-ring (bicyclic) bond motifs is 6. The SMILES string of the molecule is CCOc1ccc(NC(=O)[C@H](C)Sc2nc3ccc(N4C(=O)[C@H]5[C@H](C4=O)[C@H]4C=C[C@H]5C4)cc3s2)cc1. The molecule has 1 aromatic heterocycles. The summed E-state index contributed by atoms with van der Waals surface area (Å²) in [7, 11) is 0. The summed E-state index contributed by atoms with van der Waals surface area (Å²) >= 11 is 2.85. The largest absolute Gasteiger partial charge is 0.494 e. The van der Waals surface area contributed by atoms with Crippen molar-refractivity contribution in [2.24, 2.45) is 23.7 Å². The number of anilines is 2. The Hall–Kier alpha value is -3.17. The highest BCUT2D eigenvalue weighted by atomic mass is 32.2. The van der Waals surface area contributed by atoms with E-state index >= 15 is 0 Å². The molecule has 2 aromatic carbocycles. The number of nitrogens with zero attached hydrogens (tertiary/aromatic N) is 2. The van der Waals surface area contributed by atoms with E-state index in [1.807, 2.05) is 50.2 Å². The molecule has 1 aliphatic heterocycles. The summed E-state index contributed by atoms with van der Waals surface area (Å²) in [6.07, 6.45) is 5.12. The summed E-state index contributed by atoms with van der Waals surface area (Å²) in [6.45, 7) is 4.36. The minimum absolute atomic E-state index is 0.0834. The third-order valence-corrected chi connectivity index (χ3v) is 9.37. The van der Waals surface area contributed by atoms with Gasteiger partial charge in [0.05, 0.1) is 39.6 Å². The van der Waals surface area contributed by atoms with Gasteiger partial charge in [-0.25, -0.2) is 9.88 Å². The van der Waals surface area contributed by atoms with Crippen molar-refractivity contribution in [3.8, 4) is 5.75 Å². The molecule has 36 heavy (non-hydrogen) atoms. The molecule has 0 spiro atoms. The first-order chi connectivity index (χ1) is 17.4. The molecule has 6 rings (SSSR count). The Labute approximate surface area is 216 Å². The topological polar surface area (TPSA) is 88.6 Å². The minimum atomic E-state index is -0.360. The Morgan fingerprint density at radius 2 is 1.83 bits per heavy atom. The maximum atomic E-state index is 13.2. The number of thiazole rings is 1. The second-order valence-corrected chi connectivity index (χ2v) is 12.0. The predicted molar refractivity (Wildman–Crippen MR) is 141 cm³/mol. The Morgan fingerprint density at radius 3 is 2.50 bits per heavy atom.